The second kappa shape index (κ2) is 3.23. The van der Waals surface area contributed by atoms with E-state index in [2.05, 4.69) is 12.2 Å². The van der Waals surface area contributed by atoms with Gasteiger partial charge in [0.1, 0.15) is 0 Å². The Morgan fingerprint density at radius 1 is 1.23 bits per heavy atom. The summed E-state index contributed by atoms with van der Waals surface area (Å²) in [6.45, 7) is 5.03. The van der Waals surface area contributed by atoms with Crippen LogP contribution in [0.2, 0.25) is 0 Å². The van der Waals surface area contributed by atoms with Crippen LogP contribution in [0.1, 0.15) is 32.6 Å². The Balaban J connectivity index is 1.77. The summed E-state index contributed by atoms with van der Waals surface area (Å²) in [5.74, 6) is 0. The van der Waals surface area contributed by atoms with Crippen molar-refractivity contribution in [3.8, 4) is 0 Å². The Labute approximate surface area is 80.0 Å². The van der Waals surface area contributed by atoms with E-state index < -0.39 is 0 Å². The largest absolute Gasteiger partial charge is 0.381 e. The van der Waals surface area contributed by atoms with Crippen LogP contribution in [0.4, 0.5) is 0 Å². The van der Waals surface area contributed by atoms with E-state index in [4.69, 9.17) is 10.5 Å². The molecule has 0 amide bonds. The van der Waals surface area contributed by atoms with Crippen LogP contribution in [0.15, 0.2) is 0 Å². The molecule has 2 aliphatic rings. The number of nitrogens with two attached hydrogens (primary N) is 1. The van der Waals surface area contributed by atoms with E-state index in [0.29, 0.717) is 0 Å². The predicted octanol–water partition coefficient (Wildman–Crippen LogP) is 0.636. The molecule has 13 heavy (non-hydrogen) atoms. The van der Waals surface area contributed by atoms with Crippen molar-refractivity contribution < 1.29 is 4.74 Å². The van der Waals surface area contributed by atoms with E-state index in [1.54, 1.807) is 0 Å². The molecule has 1 saturated carbocycles. The molecule has 1 aliphatic heterocycles. The topological polar surface area (TPSA) is 47.3 Å². The summed E-state index contributed by atoms with van der Waals surface area (Å²) in [6, 6.07) is 0. The molecule has 0 radical (unpaired) electrons. The zero-order valence-corrected chi connectivity index (χ0v) is 8.44. The molecular weight excluding hydrogens is 164 g/mol. The minimum atomic E-state index is 0.126. The average Bonchev–Trinajstić information content (AvgIpc) is 2.84. The van der Waals surface area contributed by atoms with Crippen LogP contribution in [-0.4, -0.2) is 30.8 Å². The molecule has 0 bridgehead atoms. The fraction of sp³-hybridized carbons (Fsp3) is 1.00. The van der Waals surface area contributed by atoms with Crippen molar-refractivity contribution in [3.05, 3.63) is 0 Å². The van der Waals surface area contributed by atoms with Crippen molar-refractivity contribution in [2.45, 2.75) is 43.7 Å². The maximum Gasteiger partial charge on any atom is 0.0483 e. The second-order valence-electron chi connectivity index (χ2n) is 4.89. The van der Waals surface area contributed by atoms with Crippen LogP contribution < -0.4 is 11.1 Å². The molecule has 3 nitrogen and oxygen atoms in total. The van der Waals surface area contributed by atoms with Gasteiger partial charge in [-0.2, -0.15) is 0 Å². The first-order valence-electron chi connectivity index (χ1n) is 5.24. The fourth-order valence-electron chi connectivity index (χ4n) is 1.73. The van der Waals surface area contributed by atoms with Gasteiger partial charge < -0.3 is 15.8 Å². The third kappa shape index (κ3) is 2.42. The Hall–Kier alpha value is -0.120. The zero-order valence-electron chi connectivity index (χ0n) is 8.44. The van der Waals surface area contributed by atoms with E-state index in [0.717, 1.165) is 32.6 Å². The molecule has 0 spiro atoms. The summed E-state index contributed by atoms with van der Waals surface area (Å²) in [7, 11) is 0. The van der Waals surface area contributed by atoms with Crippen molar-refractivity contribution >= 4 is 0 Å². The lowest BCUT2D eigenvalue weighted by Gasteiger charge is -2.35. The first-order valence-corrected chi connectivity index (χ1v) is 5.24. The van der Waals surface area contributed by atoms with Gasteiger partial charge in [-0.05, 0) is 32.6 Å². The van der Waals surface area contributed by atoms with Crippen molar-refractivity contribution in [1.82, 2.24) is 5.32 Å². The van der Waals surface area contributed by atoms with Gasteiger partial charge in [0.15, 0.2) is 0 Å². The summed E-state index contributed by atoms with van der Waals surface area (Å²) in [6.07, 6.45) is 4.60. The van der Waals surface area contributed by atoms with Crippen molar-refractivity contribution in [3.63, 3.8) is 0 Å². The quantitative estimate of drug-likeness (QED) is 0.676. The summed E-state index contributed by atoms with van der Waals surface area (Å²) in [5, 5.41) is 3.60. The Kier molecular flexibility index (Phi) is 2.34. The molecule has 2 fully saturated rings. The smallest absolute Gasteiger partial charge is 0.0483 e. The summed E-state index contributed by atoms with van der Waals surface area (Å²) < 4.78 is 5.34. The van der Waals surface area contributed by atoms with Crippen LogP contribution >= 0.6 is 0 Å². The zero-order chi connectivity index (χ0) is 9.36. The molecule has 1 heterocycles. The van der Waals surface area contributed by atoms with Crippen LogP contribution in [0.3, 0.4) is 0 Å². The molecular formula is C10H20N2O. The highest BCUT2D eigenvalue weighted by Crippen LogP contribution is 2.32. The minimum Gasteiger partial charge on any atom is -0.381 e. The van der Waals surface area contributed by atoms with Gasteiger partial charge in [-0.3, -0.25) is 0 Å². The van der Waals surface area contributed by atoms with E-state index in [1.807, 2.05) is 0 Å². The standard InChI is InChI=1S/C10H20N2O/c1-9(4-6-13-7-5-9)12-8-10(11)2-3-10/h12H,2-8,11H2,1H3. The minimum absolute atomic E-state index is 0.126. The van der Waals surface area contributed by atoms with E-state index in [1.165, 1.54) is 12.8 Å². The first-order chi connectivity index (χ1) is 6.12. The van der Waals surface area contributed by atoms with Gasteiger partial charge in [-0.15, -0.1) is 0 Å². The highest BCUT2D eigenvalue weighted by atomic mass is 16.5. The van der Waals surface area contributed by atoms with Gasteiger partial charge >= 0.3 is 0 Å². The van der Waals surface area contributed by atoms with Crippen LogP contribution in [0.5, 0.6) is 0 Å². The molecule has 0 aromatic carbocycles. The lowest BCUT2D eigenvalue weighted by atomic mass is 9.92. The van der Waals surface area contributed by atoms with Gasteiger partial charge in [-0.1, -0.05) is 0 Å². The Morgan fingerprint density at radius 2 is 1.85 bits per heavy atom. The number of hydrogen-bond donors (Lipinski definition) is 2. The molecule has 0 aromatic rings. The van der Waals surface area contributed by atoms with Gasteiger partial charge in [0, 0.05) is 30.8 Å². The highest BCUT2D eigenvalue weighted by molar-refractivity contribution is 5.02. The molecule has 76 valence electrons. The Bertz CT molecular complexity index is 183. The van der Waals surface area contributed by atoms with Crippen molar-refractivity contribution in [1.29, 1.82) is 0 Å². The lowest BCUT2D eigenvalue weighted by molar-refractivity contribution is 0.0445. The molecule has 0 aromatic heterocycles. The highest BCUT2D eigenvalue weighted by Gasteiger charge is 2.40. The second-order valence-corrected chi connectivity index (χ2v) is 4.89. The molecule has 3 heteroatoms. The van der Waals surface area contributed by atoms with Crippen molar-refractivity contribution in [2.75, 3.05) is 19.8 Å². The molecule has 0 atom stereocenters. The SMILES string of the molecule is CC1(NCC2(N)CC2)CCOCC1. The van der Waals surface area contributed by atoms with E-state index in [9.17, 15) is 0 Å². The third-order valence-corrected chi connectivity index (χ3v) is 3.36. The van der Waals surface area contributed by atoms with E-state index in [-0.39, 0.29) is 11.1 Å². The molecule has 0 unspecified atom stereocenters. The monoisotopic (exact) mass is 184 g/mol. The number of hydrogen-bond acceptors (Lipinski definition) is 3. The molecule has 1 aliphatic carbocycles. The lowest BCUT2D eigenvalue weighted by Crippen LogP contribution is -2.51. The van der Waals surface area contributed by atoms with Gasteiger partial charge in [0.2, 0.25) is 0 Å². The summed E-state index contributed by atoms with van der Waals surface area (Å²) in [4.78, 5) is 0. The molecule has 2 rings (SSSR count). The van der Waals surface area contributed by atoms with Gasteiger partial charge in [0.05, 0.1) is 0 Å². The summed E-state index contributed by atoms with van der Waals surface area (Å²) in [5.41, 5.74) is 6.43. The first kappa shape index (κ1) is 9.44. The summed E-state index contributed by atoms with van der Waals surface area (Å²) >= 11 is 0. The van der Waals surface area contributed by atoms with Crippen LogP contribution in [0.25, 0.3) is 0 Å². The molecule has 1 saturated heterocycles. The normalized spacial score (nSPS) is 30.0. The third-order valence-electron chi connectivity index (χ3n) is 3.36. The maximum atomic E-state index is 6.03. The Morgan fingerprint density at radius 3 is 2.38 bits per heavy atom. The average molecular weight is 184 g/mol. The fourth-order valence-corrected chi connectivity index (χ4v) is 1.73. The number of ether oxygens (including phenoxy) is 1. The van der Waals surface area contributed by atoms with Crippen molar-refractivity contribution in [2.24, 2.45) is 5.73 Å². The van der Waals surface area contributed by atoms with E-state index >= 15 is 0 Å². The number of rotatable bonds is 3. The van der Waals surface area contributed by atoms with Gasteiger partial charge in [0.25, 0.3) is 0 Å². The van der Waals surface area contributed by atoms with Crippen LogP contribution in [0, 0.1) is 0 Å². The maximum absolute atomic E-state index is 6.03. The number of nitrogens with one attached hydrogen (secondary N) is 1. The van der Waals surface area contributed by atoms with Gasteiger partial charge in [-0.25, -0.2) is 0 Å². The van der Waals surface area contributed by atoms with Crippen LogP contribution in [-0.2, 0) is 4.74 Å². The molecule has 3 N–H and O–H groups in total. The predicted molar refractivity (Wildman–Crippen MR) is 52.6 cm³/mol.